The zero-order chi connectivity index (χ0) is 9.97. The fourth-order valence-corrected chi connectivity index (χ4v) is 3.73. The molecule has 0 bridgehead atoms. The Kier molecular flexibility index (Phi) is 3.67. The van der Waals surface area contributed by atoms with Gasteiger partial charge < -0.3 is 0 Å². The van der Waals surface area contributed by atoms with Crippen molar-refractivity contribution in [1.29, 1.82) is 0 Å². The summed E-state index contributed by atoms with van der Waals surface area (Å²) in [6.07, 6.45) is 2.47. The minimum Gasteiger partial charge on any atom is -0.0925 e. The molecule has 0 amide bonds. The third kappa shape index (κ3) is 2.06. The van der Waals surface area contributed by atoms with E-state index >= 15 is 0 Å². The fraction of sp³-hybridized carbons (Fsp3) is 0.500. The minimum absolute atomic E-state index is 0.796. The monoisotopic (exact) mass is 316 g/mol. The van der Waals surface area contributed by atoms with Gasteiger partial charge in [0.15, 0.2) is 0 Å². The zero-order valence-corrected chi connectivity index (χ0v) is 11.2. The van der Waals surface area contributed by atoms with Gasteiger partial charge in [0.2, 0.25) is 0 Å². The highest BCUT2D eigenvalue weighted by Crippen LogP contribution is 2.32. The Morgan fingerprint density at radius 3 is 1.71 bits per heavy atom. The normalized spacial score (nSPS) is 25.9. The van der Waals surface area contributed by atoms with E-state index in [1.807, 2.05) is 0 Å². The Morgan fingerprint density at radius 1 is 0.929 bits per heavy atom. The van der Waals surface area contributed by atoms with Crippen molar-refractivity contribution in [3.05, 3.63) is 35.4 Å². The van der Waals surface area contributed by atoms with Crippen molar-refractivity contribution >= 4 is 31.9 Å². The summed E-state index contributed by atoms with van der Waals surface area (Å²) in [5.74, 6) is 1.59. The highest BCUT2D eigenvalue weighted by Gasteiger charge is 2.26. The number of fused-ring (bicyclic) bond motifs is 1. The molecule has 0 spiro atoms. The van der Waals surface area contributed by atoms with E-state index < -0.39 is 0 Å². The third-order valence-corrected chi connectivity index (χ3v) is 4.81. The number of hydrogen-bond acceptors (Lipinski definition) is 0. The molecule has 1 aromatic carbocycles. The molecule has 0 saturated heterocycles. The second-order valence-electron chi connectivity index (χ2n) is 4.01. The molecule has 0 aliphatic heterocycles. The van der Waals surface area contributed by atoms with Gasteiger partial charge in [0.1, 0.15) is 0 Å². The standard InChI is InChI=1S/C12H14Br2/c13-7-11-5-9-3-1-2-4-10(9)6-12(11)8-14/h1-4,11-12H,5-8H2/t11-,12-/m0/s1. The van der Waals surface area contributed by atoms with E-state index in [0.717, 1.165) is 22.5 Å². The first-order valence-corrected chi connectivity index (χ1v) is 7.28. The zero-order valence-electron chi connectivity index (χ0n) is 8.05. The maximum Gasteiger partial charge on any atom is 0.00659 e. The van der Waals surface area contributed by atoms with Gasteiger partial charge in [0, 0.05) is 10.7 Å². The van der Waals surface area contributed by atoms with Crippen LogP contribution in [0.25, 0.3) is 0 Å². The van der Waals surface area contributed by atoms with Gasteiger partial charge in [-0.05, 0) is 35.8 Å². The van der Waals surface area contributed by atoms with E-state index in [9.17, 15) is 0 Å². The maximum absolute atomic E-state index is 3.62. The Hall–Kier alpha value is 0.180. The van der Waals surface area contributed by atoms with Gasteiger partial charge >= 0.3 is 0 Å². The number of hydrogen-bond donors (Lipinski definition) is 0. The van der Waals surface area contributed by atoms with Gasteiger partial charge in [-0.15, -0.1) is 0 Å². The number of rotatable bonds is 2. The molecule has 0 heterocycles. The Labute approximate surface area is 102 Å². The second-order valence-corrected chi connectivity index (χ2v) is 5.30. The number of alkyl halides is 2. The van der Waals surface area contributed by atoms with Gasteiger partial charge in [-0.3, -0.25) is 0 Å². The predicted octanol–water partition coefficient (Wildman–Crippen LogP) is 3.81. The Balaban J connectivity index is 2.25. The molecule has 1 aliphatic carbocycles. The van der Waals surface area contributed by atoms with Crippen LogP contribution in [0, 0.1) is 11.8 Å². The van der Waals surface area contributed by atoms with Gasteiger partial charge in [0.05, 0.1) is 0 Å². The lowest BCUT2D eigenvalue weighted by Crippen LogP contribution is -2.27. The largest absolute Gasteiger partial charge is 0.0925 e. The van der Waals surface area contributed by atoms with Crippen molar-refractivity contribution in [2.45, 2.75) is 12.8 Å². The molecule has 2 heteroatoms. The lowest BCUT2D eigenvalue weighted by atomic mass is 9.78. The summed E-state index contributed by atoms with van der Waals surface area (Å²) in [6.45, 7) is 0. The molecule has 1 aliphatic rings. The number of halogens is 2. The van der Waals surface area contributed by atoms with E-state index in [0.29, 0.717) is 0 Å². The summed E-state index contributed by atoms with van der Waals surface area (Å²) >= 11 is 7.25. The third-order valence-electron chi connectivity index (χ3n) is 3.15. The van der Waals surface area contributed by atoms with Crippen LogP contribution in [-0.2, 0) is 12.8 Å². The van der Waals surface area contributed by atoms with Crippen LogP contribution in [0.3, 0.4) is 0 Å². The average Bonchev–Trinajstić information content (AvgIpc) is 2.27. The SMILES string of the molecule is BrC[C@@H]1Cc2ccccc2C[C@H]1CBr. The molecular formula is C12H14Br2. The lowest BCUT2D eigenvalue weighted by Gasteiger charge is -2.30. The Morgan fingerprint density at radius 2 is 1.36 bits per heavy atom. The molecule has 2 atom stereocenters. The molecule has 0 nitrogen and oxygen atoms in total. The van der Waals surface area contributed by atoms with E-state index in [4.69, 9.17) is 0 Å². The molecular weight excluding hydrogens is 304 g/mol. The van der Waals surface area contributed by atoms with Crippen molar-refractivity contribution in [3.8, 4) is 0 Å². The van der Waals surface area contributed by atoms with Crippen LogP contribution in [0.15, 0.2) is 24.3 Å². The van der Waals surface area contributed by atoms with Crippen LogP contribution in [0.1, 0.15) is 11.1 Å². The van der Waals surface area contributed by atoms with E-state index in [2.05, 4.69) is 56.1 Å². The first-order valence-electron chi connectivity index (χ1n) is 5.04. The average molecular weight is 318 g/mol. The van der Waals surface area contributed by atoms with Gasteiger partial charge in [-0.25, -0.2) is 0 Å². The molecule has 14 heavy (non-hydrogen) atoms. The summed E-state index contributed by atoms with van der Waals surface area (Å²) in [5.41, 5.74) is 3.10. The van der Waals surface area contributed by atoms with E-state index in [1.54, 1.807) is 11.1 Å². The first kappa shape index (κ1) is 10.7. The van der Waals surface area contributed by atoms with Crippen molar-refractivity contribution < 1.29 is 0 Å². The summed E-state index contributed by atoms with van der Waals surface area (Å²) in [6, 6.07) is 8.85. The predicted molar refractivity (Wildman–Crippen MR) is 68.4 cm³/mol. The quantitative estimate of drug-likeness (QED) is 0.728. The maximum atomic E-state index is 3.62. The van der Waals surface area contributed by atoms with Crippen LogP contribution < -0.4 is 0 Å². The minimum atomic E-state index is 0.796. The van der Waals surface area contributed by atoms with Gasteiger partial charge in [-0.1, -0.05) is 56.1 Å². The van der Waals surface area contributed by atoms with Crippen molar-refractivity contribution in [2.24, 2.45) is 11.8 Å². The lowest BCUT2D eigenvalue weighted by molar-refractivity contribution is 0.377. The van der Waals surface area contributed by atoms with Crippen molar-refractivity contribution in [3.63, 3.8) is 0 Å². The molecule has 0 unspecified atom stereocenters. The van der Waals surface area contributed by atoms with E-state index in [-0.39, 0.29) is 0 Å². The van der Waals surface area contributed by atoms with Crippen molar-refractivity contribution in [2.75, 3.05) is 10.7 Å². The molecule has 0 fully saturated rings. The molecule has 0 aromatic heterocycles. The molecule has 0 radical (unpaired) electrons. The summed E-state index contributed by atoms with van der Waals surface area (Å²) < 4.78 is 0. The first-order chi connectivity index (χ1) is 6.85. The molecule has 1 aromatic rings. The summed E-state index contributed by atoms with van der Waals surface area (Å²) in [5, 5.41) is 2.25. The fourth-order valence-electron chi connectivity index (χ4n) is 2.22. The summed E-state index contributed by atoms with van der Waals surface area (Å²) in [7, 11) is 0. The highest BCUT2D eigenvalue weighted by atomic mass is 79.9. The van der Waals surface area contributed by atoms with Crippen LogP contribution in [0.4, 0.5) is 0 Å². The molecule has 2 rings (SSSR count). The highest BCUT2D eigenvalue weighted by molar-refractivity contribution is 9.09. The summed E-state index contributed by atoms with van der Waals surface area (Å²) in [4.78, 5) is 0. The van der Waals surface area contributed by atoms with E-state index in [1.165, 1.54) is 12.8 Å². The van der Waals surface area contributed by atoms with Crippen LogP contribution in [0.2, 0.25) is 0 Å². The number of benzene rings is 1. The van der Waals surface area contributed by atoms with Crippen LogP contribution >= 0.6 is 31.9 Å². The van der Waals surface area contributed by atoms with Crippen LogP contribution in [0.5, 0.6) is 0 Å². The Bertz CT molecular complexity index is 278. The van der Waals surface area contributed by atoms with Gasteiger partial charge in [-0.2, -0.15) is 0 Å². The second kappa shape index (κ2) is 4.80. The smallest absolute Gasteiger partial charge is 0.00659 e. The molecule has 0 N–H and O–H groups in total. The topological polar surface area (TPSA) is 0 Å². The van der Waals surface area contributed by atoms with Crippen molar-refractivity contribution in [1.82, 2.24) is 0 Å². The molecule has 76 valence electrons. The molecule has 0 saturated carbocycles. The van der Waals surface area contributed by atoms with Crippen LogP contribution in [-0.4, -0.2) is 10.7 Å². The van der Waals surface area contributed by atoms with Gasteiger partial charge in [0.25, 0.3) is 0 Å².